The molecule has 0 bridgehead atoms. The predicted octanol–water partition coefficient (Wildman–Crippen LogP) is 1.74. The van der Waals surface area contributed by atoms with Crippen molar-refractivity contribution in [2.75, 3.05) is 0 Å². The molecule has 1 N–H and O–H groups in total. The van der Waals surface area contributed by atoms with Crippen LogP contribution in [0.1, 0.15) is 5.56 Å². The molecular weight excluding hydrogens is 262 g/mol. The van der Waals surface area contributed by atoms with Gasteiger partial charge in [-0.2, -0.15) is 0 Å². The van der Waals surface area contributed by atoms with E-state index in [1.807, 2.05) is 30.3 Å². The molecule has 0 saturated heterocycles. The zero-order chi connectivity index (χ0) is 13.2. The van der Waals surface area contributed by atoms with Crippen molar-refractivity contribution in [3.05, 3.63) is 48.3 Å². The van der Waals surface area contributed by atoms with Crippen molar-refractivity contribution in [1.82, 2.24) is 15.0 Å². The second-order valence-corrected chi connectivity index (χ2v) is 5.14. The number of fused-ring (bicyclic) bond motifs is 1. The van der Waals surface area contributed by atoms with Gasteiger partial charge in [0, 0.05) is 18.1 Å². The lowest BCUT2D eigenvalue weighted by Gasteiger charge is -1.99. The average Bonchev–Trinajstić information content (AvgIpc) is 2.82. The number of H-pyrrole nitrogens is 1. The highest BCUT2D eigenvalue weighted by atomic mass is 32.2. The molecule has 96 valence electrons. The minimum absolute atomic E-state index is 0.0748. The first kappa shape index (κ1) is 11.9. The fraction of sp³-hybridized carbons (Fsp3) is 0.0769. The molecule has 0 saturated carbocycles. The standard InChI is InChI=1S/C13H11N3O2S/c17-19(18)8-9-1-3-10(4-2-9)11-7-12-13(16-11)15-6-5-14-12/h1-7,19H,8H2,(H,15,16). The zero-order valence-electron chi connectivity index (χ0n) is 9.91. The molecule has 0 amide bonds. The van der Waals surface area contributed by atoms with Crippen molar-refractivity contribution in [2.24, 2.45) is 0 Å². The maximum absolute atomic E-state index is 10.7. The molecular formula is C13H11N3O2S. The van der Waals surface area contributed by atoms with Crippen LogP contribution in [0.15, 0.2) is 42.7 Å². The summed E-state index contributed by atoms with van der Waals surface area (Å²) in [5.41, 5.74) is 4.23. The van der Waals surface area contributed by atoms with Gasteiger partial charge in [0.2, 0.25) is 0 Å². The van der Waals surface area contributed by atoms with Crippen LogP contribution >= 0.6 is 0 Å². The van der Waals surface area contributed by atoms with Crippen molar-refractivity contribution in [3.63, 3.8) is 0 Å². The van der Waals surface area contributed by atoms with Crippen molar-refractivity contribution < 1.29 is 8.42 Å². The molecule has 19 heavy (non-hydrogen) atoms. The van der Waals surface area contributed by atoms with E-state index in [4.69, 9.17) is 0 Å². The van der Waals surface area contributed by atoms with Crippen molar-refractivity contribution in [3.8, 4) is 11.3 Å². The van der Waals surface area contributed by atoms with Gasteiger partial charge in [0.1, 0.15) is 16.2 Å². The molecule has 0 aliphatic carbocycles. The van der Waals surface area contributed by atoms with Crippen LogP contribution in [0.3, 0.4) is 0 Å². The number of nitrogens with one attached hydrogen (secondary N) is 1. The highest BCUT2D eigenvalue weighted by molar-refractivity contribution is 7.71. The largest absolute Gasteiger partial charge is 0.338 e. The number of nitrogens with zero attached hydrogens (tertiary/aromatic N) is 2. The third-order valence-corrected chi connectivity index (χ3v) is 3.46. The fourth-order valence-electron chi connectivity index (χ4n) is 1.95. The lowest BCUT2D eigenvalue weighted by atomic mass is 10.1. The van der Waals surface area contributed by atoms with Crippen LogP contribution in [0.4, 0.5) is 0 Å². The van der Waals surface area contributed by atoms with Gasteiger partial charge in [-0.05, 0) is 17.2 Å². The van der Waals surface area contributed by atoms with Crippen LogP contribution in [0.2, 0.25) is 0 Å². The number of aromatic nitrogens is 3. The first-order chi connectivity index (χ1) is 9.22. The number of hydrogen-bond donors (Lipinski definition) is 2. The van der Waals surface area contributed by atoms with Gasteiger partial charge in [-0.15, -0.1) is 0 Å². The Bertz CT molecular complexity index is 750. The molecule has 0 radical (unpaired) electrons. The molecule has 1 aromatic carbocycles. The molecule has 5 nitrogen and oxygen atoms in total. The van der Waals surface area contributed by atoms with Gasteiger partial charge in [0.05, 0.1) is 5.75 Å². The maximum atomic E-state index is 10.7. The first-order valence-electron chi connectivity index (χ1n) is 5.73. The SMILES string of the molecule is O=[SH](=O)Cc1ccc(-c2cc3nccnc3[nH]2)cc1. The number of benzene rings is 1. The van der Waals surface area contributed by atoms with Gasteiger partial charge in [-0.1, -0.05) is 24.3 Å². The van der Waals surface area contributed by atoms with Gasteiger partial charge < -0.3 is 4.98 Å². The molecule has 3 aromatic rings. The average molecular weight is 273 g/mol. The molecule has 0 atom stereocenters. The molecule has 0 unspecified atom stereocenters. The summed E-state index contributed by atoms with van der Waals surface area (Å²) in [5.74, 6) is 0.0748. The molecule has 3 rings (SSSR count). The van der Waals surface area contributed by atoms with Crippen LogP contribution in [0.5, 0.6) is 0 Å². The lowest BCUT2D eigenvalue weighted by Crippen LogP contribution is -1.86. The molecule has 0 aliphatic heterocycles. The van der Waals surface area contributed by atoms with E-state index in [9.17, 15) is 8.42 Å². The minimum atomic E-state index is -2.38. The number of rotatable bonds is 3. The van der Waals surface area contributed by atoms with Gasteiger partial charge in [0.15, 0.2) is 5.65 Å². The molecule has 2 heterocycles. The van der Waals surface area contributed by atoms with Gasteiger partial charge >= 0.3 is 0 Å². The third kappa shape index (κ3) is 2.48. The van der Waals surface area contributed by atoms with Gasteiger partial charge in [0.25, 0.3) is 0 Å². The summed E-state index contributed by atoms with van der Waals surface area (Å²) in [7, 11) is -2.38. The second kappa shape index (κ2) is 4.81. The van der Waals surface area contributed by atoms with E-state index in [2.05, 4.69) is 15.0 Å². The second-order valence-electron chi connectivity index (χ2n) is 4.16. The Balaban J connectivity index is 1.97. The topological polar surface area (TPSA) is 75.7 Å². The maximum Gasteiger partial charge on any atom is 0.156 e. The number of hydrogen-bond acceptors (Lipinski definition) is 4. The Labute approximate surface area is 111 Å². The Morgan fingerprint density at radius 1 is 1.05 bits per heavy atom. The van der Waals surface area contributed by atoms with Crippen LogP contribution in [-0.4, -0.2) is 23.4 Å². The van der Waals surface area contributed by atoms with Crippen LogP contribution in [0, 0.1) is 0 Å². The molecule has 0 spiro atoms. The van der Waals surface area contributed by atoms with E-state index in [0.29, 0.717) is 0 Å². The summed E-state index contributed by atoms with van der Waals surface area (Å²) >= 11 is 0. The summed E-state index contributed by atoms with van der Waals surface area (Å²) < 4.78 is 21.3. The Morgan fingerprint density at radius 2 is 1.79 bits per heavy atom. The smallest absolute Gasteiger partial charge is 0.156 e. The Hall–Kier alpha value is -2.21. The molecule has 0 fully saturated rings. The fourth-order valence-corrected chi connectivity index (χ4v) is 2.45. The van der Waals surface area contributed by atoms with E-state index in [-0.39, 0.29) is 5.75 Å². The Morgan fingerprint density at radius 3 is 2.47 bits per heavy atom. The minimum Gasteiger partial charge on any atom is -0.338 e. The Kier molecular flexibility index (Phi) is 3.00. The van der Waals surface area contributed by atoms with E-state index < -0.39 is 10.7 Å². The van der Waals surface area contributed by atoms with E-state index in [1.54, 1.807) is 12.4 Å². The summed E-state index contributed by atoms with van der Waals surface area (Å²) in [5, 5.41) is 0. The predicted molar refractivity (Wildman–Crippen MR) is 73.3 cm³/mol. The molecule has 6 heteroatoms. The molecule has 0 aliphatic rings. The lowest BCUT2D eigenvalue weighted by molar-refractivity contribution is 0.614. The highest BCUT2D eigenvalue weighted by Gasteiger charge is 2.04. The zero-order valence-corrected chi connectivity index (χ0v) is 10.8. The van der Waals surface area contributed by atoms with E-state index in [1.165, 1.54) is 0 Å². The van der Waals surface area contributed by atoms with E-state index >= 15 is 0 Å². The van der Waals surface area contributed by atoms with Crippen LogP contribution < -0.4 is 0 Å². The van der Waals surface area contributed by atoms with Crippen molar-refractivity contribution in [2.45, 2.75) is 5.75 Å². The summed E-state index contributed by atoms with van der Waals surface area (Å²) in [6.45, 7) is 0. The quantitative estimate of drug-likeness (QED) is 0.713. The summed E-state index contributed by atoms with van der Waals surface area (Å²) in [4.78, 5) is 11.6. The van der Waals surface area contributed by atoms with Crippen LogP contribution in [-0.2, 0) is 16.5 Å². The van der Waals surface area contributed by atoms with E-state index in [0.717, 1.165) is 28.0 Å². The van der Waals surface area contributed by atoms with Crippen molar-refractivity contribution in [1.29, 1.82) is 0 Å². The van der Waals surface area contributed by atoms with Gasteiger partial charge in [-0.25, -0.2) is 13.4 Å². The van der Waals surface area contributed by atoms with Crippen LogP contribution in [0.25, 0.3) is 22.4 Å². The normalized spacial score (nSPS) is 11.2. The highest BCUT2D eigenvalue weighted by Crippen LogP contribution is 2.22. The summed E-state index contributed by atoms with van der Waals surface area (Å²) in [6, 6.07) is 9.32. The first-order valence-corrected chi connectivity index (χ1v) is 7.09. The third-order valence-electron chi connectivity index (χ3n) is 2.84. The van der Waals surface area contributed by atoms with Crippen molar-refractivity contribution >= 4 is 21.9 Å². The molecule has 2 aromatic heterocycles. The number of aromatic amines is 1. The monoisotopic (exact) mass is 273 g/mol. The van der Waals surface area contributed by atoms with Gasteiger partial charge in [-0.3, -0.25) is 4.98 Å². The number of thiol groups is 1. The summed E-state index contributed by atoms with van der Waals surface area (Å²) in [6.07, 6.45) is 3.28.